The van der Waals surface area contributed by atoms with Crippen molar-refractivity contribution in [2.75, 3.05) is 6.54 Å². The monoisotopic (exact) mass is 343 g/mol. The number of imidazole rings is 1. The number of aryl methyl sites for hydroxylation is 2. The Balaban J connectivity index is 1.82. The summed E-state index contributed by atoms with van der Waals surface area (Å²) in [5, 5.41) is 3.75. The first kappa shape index (κ1) is 16.3. The van der Waals surface area contributed by atoms with Gasteiger partial charge in [-0.1, -0.05) is 18.5 Å². The van der Waals surface area contributed by atoms with Crippen molar-refractivity contribution in [3.8, 4) is 0 Å². The molecule has 0 bridgehead atoms. The van der Waals surface area contributed by atoms with Gasteiger partial charge in [-0.2, -0.15) is 0 Å². The normalized spacial score (nSPS) is 17.3. The fourth-order valence-corrected chi connectivity index (χ4v) is 3.44. The van der Waals surface area contributed by atoms with Crippen molar-refractivity contribution in [1.82, 2.24) is 14.9 Å². The highest BCUT2D eigenvalue weighted by Gasteiger charge is 2.26. The third-order valence-corrected chi connectivity index (χ3v) is 4.46. The van der Waals surface area contributed by atoms with Gasteiger partial charge in [-0.25, -0.2) is 18.2 Å². The maximum Gasteiger partial charge on any atom is 0.162 e. The van der Waals surface area contributed by atoms with E-state index >= 15 is 0 Å². The van der Waals surface area contributed by atoms with E-state index in [1.54, 1.807) is 0 Å². The van der Waals surface area contributed by atoms with Gasteiger partial charge in [0, 0.05) is 25.6 Å². The maximum absolute atomic E-state index is 13.8. The molecule has 1 aromatic carbocycles. The zero-order chi connectivity index (χ0) is 16.6. The van der Waals surface area contributed by atoms with E-state index in [2.05, 4.69) is 14.9 Å². The summed E-state index contributed by atoms with van der Waals surface area (Å²) < 4.78 is 42.4. The zero-order valence-electron chi connectivity index (χ0n) is 12.7. The van der Waals surface area contributed by atoms with Crippen LogP contribution >= 0.6 is 11.6 Å². The minimum Gasteiger partial charge on any atom is -0.328 e. The molecule has 7 heteroatoms. The van der Waals surface area contributed by atoms with E-state index in [4.69, 9.17) is 11.6 Å². The number of benzene rings is 1. The molecule has 1 unspecified atom stereocenters. The average molecular weight is 344 g/mol. The number of hydrogen-bond donors (Lipinski definition) is 1. The summed E-state index contributed by atoms with van der Waals surface area (Å²) in [5.74, 6) is -2.00. The van der Waals surface area contributed by atoms with Crippen molar-refractivity contribution in [3.05, 3.63) is 51.8 Å². The Morgan fingerprint density at radius 1 is 1.35 bits per heavy atom. The molecule has 1 N–H and O–H groups in total. The maximum atomic E-state index is 13.8. The number of nitrogens with zero attached hydrogens (tertiary/aromatic N) is 2. The lowest BCUT2D eigenvalue weighted by atomic mass is 10.0. The minimum atomic E-state index is -1.16. The Morgan fingerprint density at radius 3 is 2.87 bits per heavy atom. The van der Waals surface area contributed by atoms with Crippen LogP contribution in [0.1, 0.15) is 36.5 Å². The summed E-state index contributed by atoms with van der Waals surface area (Å²) in [6, 6.07) is 1.48. The lowest BCUT2D eigenvalue weighted by Crippen LogP contribution is -2.34. The van der Waals surface area contributed by atoms with Crippen LogP contribution in [0, 0.1) is 17.5 Å². The largest absolute Gasteiger partial charge is 0.328 e. The van der Waals surface area contributed by atoms with Crippen molar-refractivity contribution in [3.63, 3.8) is 0 Å². The number of halogens is 4. The molecule has 2 heterocycles. The van der Waals surface area contributed by atoms with Crippen LogP contribution in [0.3, 0.4) is 0 Å². The molecule has 1 aliphatic rings. The van der Waals surface area contributed by atoms with Crippen molar-refractivity contribution in [2.24, 2.45) is 0 Å². The molecule has 0 saturated heterocycles. The first-order valence-corrected chi connectivity index (χ1v) is 8.00. The Kier molecular flexibility index (Phi) is 4.64. The highest BCUT2D eigenvalue weighted by atomic mass is 35.5. The van der Waals surface area contributed by atoms with E-state index in [1.807, 2.05) is 6.92 Å². The van der Waals surface area contributed by atoms with Crippen molar-refractivity contribution in [2.45, 2.75) is 38.8 Å². The number of aromatic nitrogens is 2. The lowest BCUT2D eigenvalue weighted by Gasteiger charge is -2.27. The topological polar surface area (TPSA) is 29.9 Å². The van der Waals surface area contributed by atoms with E-state index < -0.39 is 17.5 Å². The smallest absolute Gasteiger partial charge is 0.162 e. The van der Waals surface area contributed by atoms with Gasteiger partial charge in [0.1, 0.15) is 11.6 Å². The van der Waals surface area contributed by atoms with Gasteiger partial charge in [-0.15, -0.1) is 0 Å². The lowest BCUT2D eigenvalue weighted by molar-refractivity contribution is 0.396. The van der Waals surface area contributed by atoms with Crippen LogP contribution in [0.15, 0.2) is 12.1 Å². The molecule has 1 aromatic heterocycles. The molecule has 0 amide bonds. The predicted octanol–water partition coefficient (Wildman–Crippen LogP) is 3.79. The van der Waals surface area contributed by atoms with E-state index in [1.165, 1.54) is 0 Å². The zero-order valence-corrected chi connectivity index (χ0v) is 13.4. The summed E-state index contributed by atoms with van der Waals surface area (Å²) >= 11 is 6.23. The standard InChI is InChI=1S/C16H17ClF3N3/c1-2-13-22-16(17)15-12(21-5-6-23(13)15)4-3-9-7-10(18)8-11(19)14(9)20/h7-8,12,21H,2-6H2,1H3. The number of hydrogen-bond acceptors (Lipinski definition) is 2. The second-order valence-corrected chi connectivity index (χ2v) is 5.97. The van der Waals surface area contributed by atoms with Gasteiger partial charge in [-0.05, 0) is 24.5 Å². The number of rotatable bonds is 4. The molecule has 0 saturated carbocycles. The van der Waals surface area contributed by atoms with Crippen LogP contribution in [-0.4, -0.2) is 16.1 Å². The Labute approximate surface area is 137 Å². The predicted molar refractivity (Wildman–Crippen MR) is 82.0 cm³/mol. The van der Waals surface area contributed by atoms with Gasteiger partial charge >= 0.3 is 0 Å². The second-order valence-electron chi connectivity index (χ2n) is 5.62. The molecule has 1 aliphatic heterocycles. The summed E-state index contributed by atoms with van der Waals surface area (Å²) in [6.45, 7) is 3.53. The van der Waals surface area contributed by atoms with Gasteiger partial charge in [-0.3, -0.25) is 0 Å². The number of fused-ring (bicyclic) bond motifs is 1. The highest BCUT2D eigenvalue weighted by molar-refractivity contribution is 6.30. The molecule has 2 aromatic rings. The first-order valence-electron chi connectivity index (χ1n) is 7.62. The first-order chi connectivity index (χ1) is 11.0. The van der Waals surface area contributed by atoms with E-state index in [0.29, 0.717) is 17.6 Å². The van der Waals surface area contributed by atoms with Crippen molar-refractivity contribution in [1.29, 1.82) is 0 Å². The average Bonchev–Trinajstić information content (AvgIpc) is 2.86. The quantitative estimate of drug-likeness (QED) is 0.856. The molecule has 23 heavy (non-hydrogen) atoms. The molecule has 0 spiro atoms. The SMILES string of the molecule is CCc1nc(Cl)c2n1CCNC2CCc1cc(F)cc(F)c1F. The van der Waals surface area contributed by atoms with E-state index in [0.717, 1.165) is 37.1 Å². The van der Waals surface area contributed by atoms with Gasteiger partial charge in [0.2, 0.25) is 0 Å². The molecule has 0 aliphatic carbocycles. The Hall–Kier alpha value is -1.53. The third-order valence-electron chi connectivity index (χ3n) is 4.18. The molecule has 3 rings (SSSR count). The third kappa shape index (κ3) is 3.10. The summed E-state index contributed by atoms with van der Waals surface area (Å²) in [4.78, 5) is 4.36. The van der Waals surface area contributed by atoms with Crippen LogP contribution in [0.25, 0.3) is 0 Å². The van der Waals surface area contributed by atoms with Gasteiger partial charge < -0.3 is 9.88 Å². The van der Waals surface area contributed by atoms with E-state index in [9.17, 15) is 13.2 Å². The minimum absolute atomic E-state index is 0.0350. The molecule has 124 valence electrons. The molecule has 0 fully saturated rings. The van der Waals surface area contributed by atoms with E-state index in [-0.39, 0.29) is 18.0 Å². The summed E-state index contributed by atoms with van der Waals surface area (Å²) in [5.41, 5.74) is 0.903. The van der Waals surface area contributed by atoms with Crippen LogP contribution in [-0.2, 0) is 19.4 Å². The van der Waals surface area contributed by atoms with Crippen LogP contribution in [0.4, 0.5) is 13.2 Å². The fourth-order valence-electron chi connectivity index (χ4n) is 3.11. The van der Waals surface area contributed by atoms with Gasteiger partial charge in [0.15, 0.2) is 16.8 Å². The second kappa shape index (κ2) is 6.53. The van der Waals surface area contributed by atoms with Crippen molar-refractivity contribution >= 4 is 11.6 Å². The van der Waals surface area contributed by atoms with Gasteiger partial charge in [0.25, 0.3) is 0 Å². The molecule has 1 atom stereocenters. The Morgan fingerprint density at radius 2 is 2.13 bits per heavy atom. The summed E-state index contributed by atoms with van der Waals surface area (Å²) in [7, 11) is 0. The summed E-state index contributed by atoms with van der Waals surface area (Å²) in [6.07, 6.45) is 1.46. The van der Waals surface area contributed by atoms with Crippen LogP contribution in [0.5, 0.6) is 0 Å². The molecule has 0 radical (unpaired) electrons. The van der Waals surface area contributed by atoms with Gasteiger partial charge in [0.05, 0.1) is 11.7 Å². The Bertz CT molecular complexity index is 730. The highest BCUT2D eigenvalue weighted by Crippen LogP contribution is 2.30. The van der Waals surface area contributed by atoms with Crippen LogP contribution < -0.4 is 5.32 Å². The fraction of sp³-hybridized carbons (Fsp3) is 0.438. The molecular formula is C16H17ClF3N3. The molecular weight excluding hydrogens is 327 g/mol. The van der Waals surface area contributed by atoms with Crippen molar-refractivity contribution < 1.29 is 13.2 Å². The molecule has 3 nitrogen and oxygen atoms in total. The number of nitrogens with one attached hydrogen (secondary N) is 1. The van der Waals surface area contributed by atoms with Crippen LogP contribution in [0.2, 0.25) is 5.15 Å².